The Morgan fingerprint density at radius 1 is 1.00 bits per heavy atom. The number of dihydropyridines is 1. The van der Waals surface area contributed by atoms with Gasteiger partial charge < -0.3 is 15.4 Å². The van der Waals surface area contributed by atoms with Crippen LogP contribution in [0.2, 0.25) is 5.02 Å². The SMILES string of the molecule is CC1=C(C(=O)OCc2ccccc2)[C@@H](c2ccccc2Cl)C(C#N)=C(SCC(=O)Nc2c(C)cccc2C)N1. The van der Waals surface area contributed by atoms with Gasteiger partial charge in [-0.2, -0.15) is 5.26 Å². The highest BCUT2D eigenvalue weighted by atomic mass is 35.5. The van der Waals surface area contributed by atoms with Gasteiger partial charge in [-0.3, -0.25) is 4.79 Å². The number of hydrogen-bond donors (Lipinski definition) is 2. The van der Waals surface area contributed by atoms with E-state index in [4.69, 9.17) is 16.3 Å². The van der Waals surface area contributed by atoms with Gasteiger partial charge in [-0.1, -0.05) is 90.1 Å². The highest BCUT2D eigenvalue weighted by Crippen LogP contribution is 2.43. The fraction of sp³-hybridized carbons (Fsp3) is 0.194. The van der Waals surface area contributed by atoms with Crippen LogP contribution >= 0.6 is 23.4 Å². The van der Waals surface area contributed by atoms with E-state index < -0.39 is 11.9 Å². The van der Waals surface area contributed by atoms with Crippen molar-refractivity contribution in [3.05, 3.63) is 122 Å². The molecule has 3 aromatic carbocycles. The smallest absolute Gasteiger partial charge is 0.337 e. The number of ether oxygens (including phenoxy) is 1. The van der Waals surface area contributed by atoms with Crippen molar-refractivity contribution < 1.29 is 14.3 Å². The molecule has 4 rings (SSSR count). The molecule has 2 N–H and O–H groups in total. The van der Waals surface area contributed by atoms with E-state index in [9.17, 15) is 14.9 Å². The number of amides is 1. The third-order valence-corrected chi connectivity index (χ3v) is 7.75. The van der Waals surface area contributed by atoms with E-state index in [-0.39, 0.29) is 18.3 Å². The number of rotatable bonds is 8. The molecule has 0 bridgehead atoms. The molecule has 0 saturated heterocycles. The van der Waals surface area contributed by atoms with Gasteiger partial charge in [0.15, 0.2) is 0 Å². The van der Waals surface area contributed by atoms with Gasteiger partial charge in [0.1, 0.15) is 6.61 Å². The molecule has 8 heteroatoms. The monoisotopic (exact) mass is 557 g/mol. The standard InChI is InChI=1S/C31H28ClN3O3S/c1-19-10-9-11-20(2)29(19)35-26(36)18-39-30-24(16-33)28(23-14-7-8-15-25(23)32)27(21(3)34-30)31(37)38-17-22-12-5-4-6-13-22/h4-15,28,34H,17-18H2,1-3H3,(H,35,36)/t28-/m0/s1. The van der Waals surface area contributed by atoms with Crippen LogP contribution in [0.4, 0.5) is 5.69 Å². The Hall–Kier alpha value is -3.99. The third kappa shape index (κ3) is 6.54. The van der Waals surface area contributed by atoms with Crippen molar-refractivity contribution in [2.45, 2.75) is 33.3 Å². The quantitative estimate of drug-likeness (QED) is 0.297. The molecule has 0 saturated carbocycles. The summed E-state index contributed by atoms with van der Waals surface area (Å²) in [7, 11) is 0. The molecule has 1 heterocycles. The van der Waals surface area contributed by atoms with Crippen molar-refractivity contribution in [3.8, 4) is 6.07 Å². The highest BCUT2D eigenvalue weighted by Gasteiger charge is 2.36. The number of anilines is 1. The predicted molar refractivity (Wildman–Crippen MR) is 156 cm³/mol. The average molecular weight is 558 g/mol. The normalized spacial score (nSPS) is 14.9. The lowest BCUT2D eigenvalue weighted by Crippen LogP contribution is -2.29. The molecular weight excluding hydrogens is 530 g/mol. The summed E-state index contributed by atoms with van der Waals surface area (Å²) in [5.74, 6) is -1.43. The maximum Gasteiger partial charge on any atom is 0.337 e. The zero-order valence-electron chi connectivity index (χ0n) is 21.9. The zero-order chi connectivity index (χ0) is 27.9. The number of halogens is 1. The summed E-state index contributed by atoms with van der Waals surface area (Å²) >= 11 is 7.77. The number of carbonyl (C=O) groups is 2. The fourth-order valence-corrected chi connectivity index (χ4v) is 5.58. The van der Waals surface area contributed by atoms with Gasteiger partial charge in [0.25, 0.3) is 0 Å². The summed E-state index contributed by atoms with van der Waals surface area (Å²) < 4.78 is 5.66. The Morgan fingerprint density at radius 2 is 1.67 bits per heavy atom. The minimum absolute atomic E-state index is 0.0671. The number of thioether (sulfide) groups is 1. The van der Waals surface area contributed by atoms with Gasteiger partial charge in [0.05, 0.1) is 33.9 Å². The topological polar surface area (TPSA) is 91.2 Å². The summed E-state index contributed by atoms with van der Waals surface area (Å²) in [6.45, 7) is 5.73. The van der Waals surface area contributed by atoms with Crippen LogP contribution in [0.25, 0.3) is 0 Å². The lowest BCUT2D eigenvalue weighted by atomic mass is 9.82. The van der Waals surface area contributed by atoms with Crippen LogP contribution < -0.4 is 10.6 Å². The Balaban J connectivity index is 1.61. The second kappa shape index (κ2) is 12.7. The van der Waals surface area contributed by atoms with Gasteiger partial charge >= 0.3 is 5.97 Å². The lowest BCUT2D eigenvalue weighted by Gasteiger charge is -2.29. The minimum Gasteiger partial charge on any atom is -0.457 e. The maximum absolute atomic E-state index is 13.4. The van der Waals surface area contributed by atoms with Gasteiger partial charge in [-0.25, -0.2) is 4.79 Å². The molecule has 1 aliphatic heterocycles. The van der Waals surface area contributed by atoms with Crippen LogP contribution in [0.3, 0.4) is 0 Å². The molecule has 1 amide bonds. The van der Waals surface area contributed by atoms with E-state index in [2.05, 4.69) is 16.7 Å². The number of esters is 1. The zero-order valence-corrected chi connectivity index (χ0v) is 23.5. The molecule has 0 spiro atoms. The Morgan fingerprint density at radius 3 is 2.33 bits per heavy atom. The second-order valence-corrected chi connectivity index (χ2v) is 10.5. The molecule has 0 aliphatic carbocycles. The molecule has 0 fully saturated rings. The Kier molecular flexibility index (Phi) is 9.13. The molecule has 0 unspecified atom stereocenters. The molecule has 1 aliphatic rings. The first kappa shape index (κ1) is 28.0. The van der Waals surface area contributed by atoms with Crippen LogP contribution in [0.5, 0.6) is 0 Å². The average Bonchev–Trinajstić information content (AvgIpc) is 2.93. The predicted octanol–water partition coefficient (Wildman–Crippen LogP) is 6.77. The van der Waals surface area contributed by atoms with Gasteiger partial charge in [-0.15, -0.1) is 0 Å². The van der Waals surface area contributed by atoms with Crippen molar-refractivity contribution in [1.29, 1.82) is 5.26 Å². The second-order valence-electron chi connectivity index (χ2n) is 9.14. The molecule has 1 atom stereocenters. The molecule has 0 radical (unpaired) electrons. The number of aryl methyl sites for hydroxylation is 2. The highest BCUT2D eigenvalue weighted by molar-refractivity contribution is 8.03. The molecule has 3 aromatic rings. The summed E-state index contributed by atoms with van der Waals surface area (Å²) in [4.78, 5) is 26.3. The Bertz CT molecular complexity index is 1490. The van der Waals surface area contributed by atoms with Crippen molar-refractivity contribution in [1.82, 2.24) is 5.32 Å². The summed E-state index contributed by atoms with van der Waals surface area (Å²) in [6.07, 6.45) is 0. The number of para-hydroxylation sites is 1. The Labute approximate surface area is 237 Å². The number of nitrogens with one attached hydrogen (secondary N) is 2. The van der Waals surface area contributed by atoms with E-state index in [1.165, 1.54) is 11.8 Å². The number of hydrogen-bond acceptors (Lipinski definition) is 6. The van der Waals surface area contributed by atoms with Crippen molar-refractivity contribution in [2.75, 3.05) is 11.1 Å². The molecule has 6 nitrogen and oxygen atoms in total. The number of benzene rings is 3. The van der Waals surface area contributed by atoms with E-state index in [0.717, 1.165) is 22.4 Å². The molecule has 0 aromatic heterocycles. The number of nitriles is 1. The summed E-state index contributed by atoms with van der Waals surface area (Å²) in [5.41, 5.74) is 5.32. The van der Waals surface area contributed by atoms with E-state index >= 15 is 0 Å². The van der Waals surface area contributed by atoms with E-state index in [1.54, 1.807) is 25.1 Å². The van der Waals surface area contributed by atoms with Crippen LogP contribution in [0.15, 0.2) is 94.7 Å². The first-order valence-corrected chi connectivity index (χ1v) is 13.7. The number of carbonyl (C=O) groups excluding carboxylic acids is 2. The first-order valence-electron chi connectivity index (χ1n) is 12.4. The van der Waals surface area contributed by atoms with Crippen LogP contribution in [0, 0.1) is 25.2 Å². The van der Waals surface area contributed by atoms with E-state index in [0.29, 0.717) is 32.5 Å². The van der Waals surface area contributed by atoms with Gasteiger partial charge in [0, 0.05) is 16.4 Å². The summed E-state index contributed by atoms with van der Waals surface area (Å²) in [5, 5.41) is 17.4. The molecular formula is C31H28ClN3O3S. The lowest BCUT2D eigenvalue weighted by molar-refractivity contribution is -0.140. The first-order chi connectivity index (χ1) is 18.8. The van der Waals surface area contributed by atoms with Gasteiger partial charge in [0.2, 0.25) is 5.91 Å². The van der Waals surface area contributed by atoms with Crippen LogP contribution in [-0.4, -0.2) is 17.6 Å². The summed E-state index contributed by atoms with van der Waals surface area (Å²) in [6, 6.07) is 24.6. The third-order valence-electron chi connectivity index (χ3n) is 6.39. The number of nitrogens with zero attached hydrogens (tertiary/aromatic N) is 1. The van der Waals surface area contributed by atoms with Crippen molar-refractivity contribution in [3.63, 3.8) is 0 Å². The molecule has 39 heavy (non-hydrogen) atoms. The van der Waals surface area contributed by atoms with Gasteiger partial charge in [-0.05, 0) is 49.1 Å². The van der Waals surface area contributed by atoms with Crippen molar-refractivity contribution >= 4 is 40.9 Å². The largest absolute Gasteiger partial charge is 0.457 e. The fourth-order valence-electron chi connectivity index (χ4n) is 4.44. The maximum atomic E-state index is 13.4. The molecule has 198 valence electrons. The van der Waals surface area contributed by atoms with Crippen molar-refractivity contribution in [2.24, 2.45) is 0 Å². The number of allylic oxidation sites excluding steroid dienone is 2. The van der Waals surface area contributed by atoms with E-state index in [1.807, 2.05) is 68.4 Å². The van der Waals surface area contributed by atoms with Crippen LogP contribution in [0.1, 0.15) is 35.1 Å². The minimum atomic E-state index is -0.752. The van der Waals surface area contributed by atoms with Crippen LogP contribution in [-0.2, 0) is 20.9 Å².